The van der Waals surface area contributed by atoms with E-state index in [0.717, 1.165) is 9.87 Å². The van der Waals surface area contributed by atoms with Crippen LogP contribution in [0.4, 0.5) is 5.69 Å². The number of halogens is 2. The minimum atomic E-state index is -4.10. The molecular weight excluding hydrogens is 533 g/mol. The fraction of sp³-hybridized carbons (Fsp3) is 0.259. The molecule has 3 rings (SSSR count). The van der Waals surface area contributed by atoms with Gasteiger partial charge in [-0.25, -0.2) is 8.42 Å². The van der Waals surface area contributed by atoms with E-state index in [1.807, 2.05) is 13.0 Å². The van der Waals surface area contributed by atoms with E-state index >= 15 is 0 Å². The van der Waals surface area contributed by atoms with Crippen molar-refractivity contribution < 1.29 is 18.0 Å². The van der Waals surface area contributed by atoms with Crippen molar-refractivity contribution in [1.29, 1.82) is 0 Å². The number of nitrogens with one attached hydrogen (secondary N) is 1. The molecule has 0 aliphatic carbocycles. The van der Waals surface area contributed by atoms with Crippen LogP contribution in [-0.2, 0) is 26.2 Å². The Morgan fingerprint density at radius 1 is 0.973 bits per heavy atom. The molecule has 3 aromatic carbocycles. The molecule has 1 atom stereocenters. The Morgan fingerprint density at radius 3 is 2.30 bits per heavy atom. The number of rotatable bonds is 10. The average Bonchev–Trinajstić information content (AvgIpc) is 2.87. The summed E-state index contributed by atoms with van der Waals surface area (Å²) in [5.41, 5.74) is 1.75. The molecule has 0 spiro atoms. The molecule has 0 bridgehead atoms. The second-order valence-corrected chi connectivity index (χ2v) is 11.2. The zero-order valence-corrected chi connectivity index (χ0v) is 23.1. The predicted molar refractivity (Wildman–Crippen MR) is 147 cm³/mol. The lowest BCUT2D eigenvalue weighted by molar-refractivity contribution is -0.139. The van der Waals surface area contributed by atoms with Crippen molar-refractivity contribution in [3.63, 3.8) is 0 Å². The van der Waals surface area contributed by atoms with Crippen LogP contribution in [0.3, 0.4) is 0 Å². The zero-order valence-electron chi connectivity index (χ0n) is 20.8. The molecule has 10 heteroatoms. The van der Waals surface area contributed by atoms with Gasteiger partial charge in [0.2, 0.25) is 11.8 Å². The minimum Gasteiger partial charge on any atom is -0.355 e. The van der Waals surface area contributed by atoms with Crippen molar-refractivity contribution in [1.82, 2.24) is 10.2 Å². The quantitative estimate of drug-likeness (QED) is 0.375. The van der Waals surface area contributed by atoms with Gasteiger partial charge in [-0.1, -0.05) is 59.6 Å². The Bertz CT molecular complexity index is 1370. The Kier molecular flexibility index (Phi) is 9.59. The molecule has 0 aliphatic heterocycles. The minimum absolute atomic E-state index is 0.0137. The smallest absolute Gasteiger partial charge is 0.264 e. The van der Waals surface area contributed by atoms with Gasteiger partial charge in [-0.15, -0.1) is 0 Å². The number of hydrogen-bond acceptors (Lipinski definition) is 4. The molecule has 7 nitrogen and oxygen atoms in total. The van der Waals surface area contributed by atoms with Crippen LogP contribution >= 0.6 is 23.2 Å². The highest BCUT2D eigenvalue weighted by molar-refractivity contribution is 7.92. The van der Waals surface area contributed by atoms with Gasteiger partial charge in [0.15, 0.2) is 0 Å². The van der Waals surface area contributed by atoms with Crippen LogP contribution in [0, 0.1) is 6.92 Å². The number of carbonyl (C=O) groups is 2. The molecule has 0 unspecified atom stereocenters. The maximum atomic E-state index is 13.8. The molecule has 0 fully saturated rings. The summed E-state index contributed by atoms with van der Waals surface area (Å²) in [5, 5.41) is 3.49. The fourth-order valence-corrected chi connectivity index (χ4v) is 5.66. The molecule has 1 N–H and O–H groups in total. The SMILES string of the molecule is CCNC(=O)[C@H](C)N(Cc1ccc(Cl)cc1Cl)C(=O)CN(c1cccc(C)c1)S(=O)(=O)c1ccccc1. The third-order valence-electron chi connectivity index (χ3n) is 5.77. The standard InChI is InChI=1S/C27H29Cl2N3O4S/c1-4-30-27(34)20(3)31(17-21-13-14-22(28)16-25(21)29)26(33)18-32(23-10-8-9-19(2)15-23)37(35,36)24-11-6-5-7-12-24/h5-16,20H,4,17-18H2,1-3H3,(H,30,34)/t20-/m0/s1. The third-order valence-corrected chi connectivity index (χ3v) is 8.15. The normalized spacial score (nSPS) is 12.0. The number of hydrogen-bond donors (Lipinski definition) is 1. The van der Waals surface area contributed by atoms with Gasteiger partial charge < -0.3 is 10.2 Å². The average molecular weight is 563 g/mol. The summed E-state index contributed by atoms with van der Waals surface area (Å²) >= 11 is 12.4. The number of benzene rings is 3. The van der Waals surface area contributed by atoms with Crippen molar-refractivity contribution in [3.05, 3.63) is 94.0 Å². The lowest BCUT2D eigenvalue weighted by Crippen LogP contribution is -2.51. The summed E-state index contributed by atoms with van der Waals surface area (Å²) in [5.74, 6) is -0.931. The molecule has 37 heavy (non-hydrogen) atoms. The maximum absolute atomic E-state index is 13.8. The number of sulfonamides is 1. The fourth-order valence-electron chi connectivity index (χ4n) is 3.77. The molecule has 0 radical (unpaired) electrons. The molecule has 0 aliphatic rings. The summed E-state index contributed by atoms with van der Waals surface area (Å²) in [6, 6.07) is 18.8. The van der Waals surface area contributed by atoms with Gasteiger partial charge in [-0.05, 0) is 68.3 Å². The van der Waals surface area contributed by atoms with Gasteiger partial charge in [0.1, 0.15) is 12.6 Å². The van der Waals surface area contributed by atoms with Gasteiger partial charge >= 0.3 is 0 Å². The number of nitrogens with zero attached hydrogens (tertiary/aromatic N) is 2. The van der Waals surface area contributed by atoms with Crippen LogP contribution < -0.4 is 9.62 Å². The van der Waals surface area contributed by atoms with Crippen LogP contribution in [0.1, 0.15) is 25.0 Å². The highest BCUT2D eigenvalue weighted by atomic mass is 35.5. The monoisotopic (exact) mass is 561 g/mol. The van der Waals surface area contributed by atoms with Crippen LogP contribution in [0.2, 0.25) is 10.0 Å². The molecule has 0 aromatic heterocycles. The summed E-state index contributed by atoms with van der Waals surface area (Å²) in [6.45, 7) is 5.05. The lowest BCUT2D eigenvalue weighted by Gasteiger charge is -2.32. The van der Waals surface area contributed by atoms with E-state index in [0.29, 0.717) is 27.8 Å². The molecule has 0 heterocycles. The Hall–Kier alpha value is -3.07. The van der Waals surface area contributed by atoms with Crippen LogP contribution in [0.15, 0.2) is 77.7 Å². The zero-order chi connectivity index (χ0) is 27.2. The highest BCUT2D eigenvalue weighted by Crippen LogP contribution is 2.27. The lowest BCUT2D eigenvalue weighted by atomic mass is 10.1. The van der Waals surface area contributed by atoms with Crippen LogP contribution in [0.25, 0.3) is 0 Å². The number of likely N-dealkylation sites (N-methyl/N-ethyl adjacent to an activating group) is 1. The number of aryl methyl sites for hydroxylation is 1. The van der Waals surface area contributed by atoms with Crippen molar-refractivity contribution in [2.24, 2.45) is 0 Å². The number of carbonyl (C=O) groups excluding carboxylic acids is 2. The third kappa shape index (κ3) is 7.03. The van der Waals surface area contributed by atoms with Gasteiger partial charge in [0.05, 0.1) is 10.6 Å². The molecule has 0 saturated carbocycles. The van der Waals surface area contributed by atoms with Crippen LogP contribution in [-0.4, -0.2) is 44.3 Å². The van der Waals surface area contributed by atoms with Crippen molar-refractivity contribution >= 4 is 50.7 Å². The van der Waals surface area contributed by atoms with E-state index in [9.17, 15) is 18.0 Å². The van der Waals surface area contributed by atoms with E-state index < -0.39 is 28.5 Å². The molecule has 0 saturated heterocycles. The van der Waals surface area contributed by atoms with Crippen LogP contribution in [0.5, 0.6) is 0 Å². The van der Waals surface area contributed by atoms with Crippen molar-refractivity contribution in [2.75, 3.05) is 17.4 Å². The highest BCUT2D eigenvalue weighted by Gasteiger charge is 2.32. The van der Waals surface area contributed by atoms with E-state index in [4.69, 9.17) is 23.2 Å². The summed E-state index contributed by atoms with van der Waals surface area (Å²) in [7, 11) is -4.10. The first-order valence-electron chi connectivity index (χ1n) is 11.7. The first kappa shape index (κ1) is 28.5. The Morgan fingerprint density at radius 2 is 1.68 bits per heavy atom. The summed E-state index contributed by atoms with van der Waals surface area (Å²) in [6.07, 6.45) is 0. The largest absolute Gasteiger partial charge is 0.355 e. The second kappa shape index (κ2) is 12.4. The molecular formula is C27H29Cl2N3O4S. The first-order valence-corrected chi connectivity index (χ1v) is 13.9. The van der Waals surface area contributed by atoms with E-state index in [2.05, 4.69) is 5.32 Å². The van der Waals surface area contributed by atoms with Gasteiger partial charge in [0, 0.05) is 23.1 Å². The predicted octanol–water partition coefficient (Wildman–Crippen LogP) is 5.05. The number of anilines is 1. The molecule has 3 aromatic rings. The summed E-state index contributed by atoms with van der Waals surface area (Å²) in [4.78, 5) is 27.9. The summed E-state index contributed by atoms with van der Waals surface area (Å²) < 4.78 is 28.5. The van der Waals surface area contributed by atoms with Gasteiger partial charge in [0.25, 0.3) is 10.0 Å². The van der Waals surface area contributed by atoms with E-state index in [1.165, 1.54) is 17.0 Å². The maximum Gasteiger partial charge on any atom is 0.264 e. The number of amides is 2. The van der Waals surface area contributed by atoms with E-state index in [1.54, 1.807) is 68.4 Å². The topological polar surface area (TPSA) is 86.8 Å². The Labute approximate surface area is 228 Å². The van der Waals surface area contributed by atoms with Gasteiger partial charge in [-0.3, -0.25) is 13.9 Å². The van der Waals surface area contributed by atoms with Crippen molar-refractivity contribution in [3.8, 4) is 0 Å². The van der Waals surface area contributed by atoms with Gasteiger partial charge in [-0.2, -0.15) is 0 Å². The van der Waals surface area contributed by atoms with E-state index in [-0.39, 0.29) is 17.3 Å². The molecule has 196 valence electrons. The second-order valence-electron chi connectivity index (χ2n) is 8.49. The Balaban J connectivity index is 2.04. The first-order chi connectivity index (χ1) is 17.5. The molecule has 2 amide bonds. The van der Waals surface area contributed by atoms with Crippen molar-refractivity contribution in [2.45, 2.75) is 38.3 Å².